The molecule has 0 N–H and O–H groups in total. The van der Waals surface area contributed by atoms with Crippen molar-refractivity contribution in [3.8, 4) is 12.3 Å². The lowest BCUT2D eigenvalue weighted by atomic mass is 9.67. The van der Waals surface area contributed by atoms with Crippen LogP contribution in [-0.2, 0) is 11.2 Å². The number of benzene rings is 1. The minimum Gasteiger partial charge on any atom is -0.375 e. The largest absolute Gasteiger partial charge is 0.375 e. The molecule has 0 spiro atoms. The molecule has 0 heterocycles. The van der Waals surface area contributed by atoms with Crippen LogP contribution in [0.4, 0.5) is 0 Å². The minimum atomic E-state index is 0.120. The Balaban J connectivity index is 1.49. The van der Waals surface area contributed by atoms with Crippen molar-refractivity contribution in [1.82, 2.24) is 0 Å². The highest BCUT2D eigenvalue weighted by molar-refractivity contribution is 5.34. The van der Waals surface area contributed by atoms with Gasteiger partial charge in [0.05, 0.1) is 5.60 Å². The smallest absolute Gasteiger partial charge is 0.0710 e. The Morgan fingerprint density at radius 3 is 1.96 bits per heavy atom. The number of unbranched alkanes of at least 4 members (excludes halogenated alkanes) is 1. The zero-order chi connectivity index (χ0) is 19.0. The van der Waals surface area contributed by atoms with E-state index in [1.54, 1.807) is 0 Å². The predicted molar refractivity (Wildman–Crippen MR) is 115 cm³/mol. The number of hydrogen-bond acceptors (Lipinski definition) is 1. The van der Waals surface area contributed by atoms with Crippen molar-refractivity contribution >= 4 is 0 Å². The molecule has 0 aliphatic heterocycles. The van der Waals surface area contributed by atoms with Gasteiger partial charge in [-0.1, -0.05) is 56.6 Å². The molecule has 0 aromatic heterocycles. The normalized spacial score (nSPS) is 19.7. The molecule has 2 fully saturated rings. The number of terminal acetylenes is 1. The lowest BCUT2D eigenvalue weighted by Gasteiger charge is -2.47. The van der Waals surface area contributed by atoms with Crippen LogP contribution < -0.4 is 0 Å². The Morgan fingerprint density at radius 1 is 0.889 bits per heavy atom. The van der Waals surface area contributed by atoms with Crippen LogP contribution in [-0.4, -0.2) is 12.2 Å². The van der Waals surface area contributed by atoms with Crippen molar-refractivity contribution in [3.63, 3.8) is 0 Å². The summed E-state index contributed by atoms with van der Waals surface area (Å²) in [6.45, 7) is 3.39. The fourth-order valence-corrected chi connectivity index (χ4v) is 5.41. The zero-order valence-electron chi connectivity index (χ0n) is 17.3. The van der Waals surface area contributed by atoms with Gasteiger partial charge in [-0.15, -0.1) is 6.42 Å². The van der Waals surface area contributed by atoms with Crippen LogP contribution in [0, 0.1) is 24.2 Å². The van der Waals surface area contributed by atoms with Gasteiger partial charge in [0.1, 0.15) is 0 Å². The molecule has 3 rings (SSSR count). The summed E-state index contributed by atoms with van der Waals surface area (Å²) in [5, 5.41) is 0. The van der Waals surface area contributed by atoms with Gasteiger partial charge in [-0.05, 0) is 81.4 Å². The van der Waals surface area contributed by atoms with Gasteiger partial charge in [0.15, 0.2) is 0 Å². The molecule has 0 saturated heterocycles. The first kappa shape index (κ1) is 20.5. The van der Waals surface area contributed by atoms with Crippen molar-refractivity contribution in [2.75, 3.05) is 6.61 Å². The van der Waals surface area contributed by atoms with Crippen LogP contribution >= 0.6 is 0 Å². The van der Waals surface area contributed by atoms with E-state index in [9.17, 15) is 0 Å². The molecule has 2 aliphatic rings. The summed E-state index contributed by atoms with van der Waals surface area (Å²) >= 11 is 0. The topological polar surface area (TPSA) is 9.23 Å². The molecule has 2 aliphatic carbocycles. The van der Waals surface area contributed by atoms with E-state index >= 15 is 0 Å². The van der Waals surface area contributed by atoms with Gasteiger partial charge in [-0.25, -0.2) is 0 Å². The Bertz CT molecular complexity index is 564. The zero-order valence-corrected chi connectivity index (χ0v) is 17.3. The molecule has 1 aromatic rings. The molecule has 27 heavy (non-hydrogen) atoms. The Labute approximate surface area is 167 Å². The van der Waals surface area contributed by atoms with Crippen molar-refractivity contribution in [1.29, 1.82) is 0 Å². The lowest BCUT2D eigenvalue weighted by Crippen LogP contribution is -2.46. The first-order valence-electron chi connectivity index (χ1n) is 11.4. The van der Waals surface area contributed by atoms with Crippen LogP contribution in [0.2, 0.25) is 0 Å². The quantitative estimate of drug-likeness (QED) is 0.358. The Hall–Kier alpha value is -1.26. The monoisotopic (exact) mass is 366 g/mol. The van der Waals surface area contributed by atoms with Crippen LogP contribution in [0.3, 0.4) is 0 Å². The van der Waals surface area contributed by atoms with E-state index in [0.29, 0.717) is 0 Å². The van der Waals surface area contributed by atoms with Crippen LogP contribution in [0.1, 0.15) is 95.1 Å². The van der Waals surface area contributed by atoms with Gasteiger partial charge in [0, 0.05) is 12.2 Å². The van der Waals surface area contributed by atoms with Crippen LogP contribution in [0.25, 0.3) is 0 Å². The number of ether oxygens (including phenoxy) is 1. The first-order valence-corrected chi connectivity index (χ1v) is 11.4. The van der Waals surface area contributed by atoms with Crippen LogP contribution in [0.15, 0.2) is 24.3 Å². The maximum Gasteiger partial charge on any atom is 0.0710 e. The summed E-state index contributed by atoms with van der Waals surface area (Å²) in [7, 11) is 0. The molecule has 1 nitrogen and oxygen atoms in total. The molecular weight excluding hydrogens is 328 g/mol. The molecule has 0 amide bonds. The molecular formula is C26H38O. The number of aryl methyl sites for hydroxylation is 1. The highest BCUT2D eigenvalue weighted by atomic mass is 16.5. The average Bonchev–Trinajstić information content (AvgIpc) is 2.75. The summed E-state index contributed by atoms with van der Waals surface area (Å²) in [6, 6.07) is 8.44. The van der Waals surface area contributed by atoms with Crippen molar-refractivity contribution in [2.24, 2.45) is 11.8 Å². The summed E-state index contributed by atoms with van der Waals surface area (Å²) in [5.41, 5.74) is 2.48. The second-order valence-corrected chi connectivity index (χ2v) is 9.00. The molecule has 0 atom stereocenters. The van der Waals surface area contributed by atoms with Crippen LogP contribution in [0.5, 0.6) is 0 Å². The van der Waals surface area contributed by atoms with E-state index in [2.05, 4.69) is 37.1 Å². The van der Waals surface area contributed by atoms with Gasteiger partial charge in [0.2, 0.25) is 0 Å². The molecule has 2 saturated carbocycles. The van der Waals surface area contributed by atoms with Crippen molar-refractivity contribution in [3.05, 3.63) is 35.4 Å². The van der Waals surface area contributed by atoms with Gasteiger partial charge in [-0.2, -0.15) is 0 Å². The van der Waals surface area contributed by atoms with Crippen molar-refractivity contribution < 1.29 is 4.74 Å². The number of hydrogen-bond donors (Lipinski definition) is 0. The summed E-state index contributed by atoms with van der Waals surface area (Å²) in [5.74, 6) is 4.26. The summed E-state index contributed by atoms with van der Waals surface area (Å²) in [6.07, 6.45) is 22.9. The first-order chi connectivity index (χ1) is 13.2. The fourth-order valence-electron chi connectivity index (χ4n) is 5.41. The maximum absolute atomic E-state index is 6.76. The molecule has 0 radical (unpaired) electrons. The van der Waals surface area contributed by atoms with Gasteiger partial charge < -0.3 is 4.74 Å². The lowest BCUT2D eigenvalue weighted by molar-refractivity contribution is -0.130. The van der Waals surface area contributed by atoms with E-state index in [0.717, 1.165) is 36.8 Å². The second kappa shape index (κ2) is 10.3. The van der Waals surface area contributed by atoms with E-state index in [4.69, 9.17) is 11.2 Å². The molecule has 0 unspecified atom stereocenters. The molecule has 1 heteroatoms. The number of rotatable bonds is 8. The minimum absolute atomic E-state index is 0.120. The Kier molecular flexibility index (Phi) is 7.83. The highest BCUT2D eigenvalue weighted by Gasteiger charge is 2.42. The van der Waals surface area contributed by atoms with Crippen molar-refractivity contribution in [2.45, 2.75) is 96.0 Å². The predicted octanol–water partition coefficient (Wildman–Crippen LogP) is 6.93. The molecule has 1 aromatic carbocycles. The summed E-state index contributed by atoms with van der Waals surface area (Å²) in [4.78, 5) is 0. The maximum atomic E-state index is 6.76. The highest BCUT2D eigenvalue weighted by Crippen LogP contribution is 2.45. The third-order valence-corrected chi connectivity index (χ3v) is 7.23. The third kappa shape index (κ3) is 5.61. The van der Waals surface area contributed by atoms with E-state index < -0.39 is 0 Å². The van der Waals surface area contributed by atoms with E-state index in [-0.39, 0.29) is 5.60 Å². The fraction of sp³-hybridized carbons (Fsp3) is 0.692. The third-order valence-electron chi connectivity index (χ3n) is 7.23. The standard InChI is InChI=1S/C26H38O/c1-3-22-17-19-23(20-18-22)12-10-11-21-27-26(2,24-13-6-4-7-14-24)25-15-8-5-9-16-25/h1,17-20,24-25H,4-16,21H2,2H3. The average molecular weight is 367 g/mol. The summed E-state index contributed by atoms with van der Waals surface area (Å²) < 4.78 is 6.76. The SMILES string of the molecule is C#Cc1ccc(CCCCOC(C)(C2CCCCC2)C2CCCCC2)cc1. The molecule has 0 bridgehead atoms. The molecule has 148 valence electrons. The Morgan fingerprint density at radius 2 is 1.44 bits per heavy atom. The van der Waals surface area contributed by atoms with Gasteiger partial charge in [0.25, 0.3) is 0 Å². The van der Waals surface area contributed by atoms with E-state index in [1.165, 1.54) is 76.2 Å². The second-order valence-electron chi connectivity index (χ2n) is 9.00. The van der Waals surface area contributed by atoms with Gasteiger partial charge in [-0.3, -0.25) is 0 Å². The van der Waals surface area contributed by atoms with Gasteiger partial charge >= 0.3 is 0 Å². The van der Waals surface area contributed by atoms with E-state index in [1.807, 2.05) is 0 Å².